The summed E-state index contributed by atoms with van der Waals surface area (Å²) in [7, 11) is 0. The number of fused-ring (bicyclic) bond motifs is 1. The van der Waals surface area contributed by atoms with Crippen molar-refractivity contribution in [1.29, 1.82) is 0 Å². The Bertz CT molecular complexity index is 514. The van der Waals surface area contributed by atoms with Crippen LogP contribution in [0.25, 0.3) is 10.9 Å². The van der Waals surface area contributed by atoms with Gasteiger partial charge in [0, 0.05) is 9.86 Å². The van der Waals surface area contributed by atoms with E-state index in [-0.39, 0.29) is 0 Å². The van der Waals surface area contributed by atoms with Crippen LogP contribution in [-0.4, -0.2) is 10.2 Å². The third-order valence-corrected chi connectivity index (χ3v) is 4.10. The SMILES string of the molecule is Cc1nnc2cc(Br)c(Cl)cc2c1Br. The third kappa shape index (κ3) is 1.66. The zero-order chi connectivity index (χ0) is 10.3. The van der Waals surface area contributed by atoms with Crippen LogP contribution in [0.1, 0.15) is 5.69 Å². The van der Waals surface area contributed by atoms with Crippen LogP contribution in [-0.2, 0) is 0 Å². The monoisotopic (exact) mass is 334 g/mol. The van der Waals surface area contributed by atoms with E-state index in [2.05, 4.69) is 42.1 Å². The van der Waals surface area contributed by atoms with Crippen molar-refractivity contribution in [3.63, 3.8) is 0 Å². The molecule has 0 N–H and O–H groups in total. The second-order valence-electron chi connectivity index (χ2n) is 2.88. The van der Waals surface area contributed by atoms with Crippen molar-refractivity contribution >= 4 is 54.4 Å². The van der Waals surface area contributed by atoms with E-state index in [1.807, 2.05) is 19.1 Å². The fourth-order valence-electron chi connectivity index (χ4n) is 1.16. The van der Waals surface area contributed by atoms with E-state index in [0.29, 0.717) is 5.02 Å². The predicted octanol–water partition coefficient (Wildman–Crippen LogP) is 4.12. The molecule has 1 aromatic carbocycles. The molecule has 1 heterocycles. The molecule has 2 aromatic rings. The topological polar surface area (TPSA) is 25.8 Å². The van der Waals surface area contributed by atoms with Gasteiger partial charge < -0.3 is 0 Å². The van der Waals surface area contributed by atoms with Gasteiger partial charge >= 0.3 is 0 Å². The number of aromatic nitrogens is 2. The van der Waals surface area contributed by atoms with Crippen LogP contribution in [0, 0.1) is 6.92 Å². The van der Waals surface area contributed by atoms with Crippen molar-refractivity contribution in [1.82, 2.24) is 10.2 Å². The fraction of sp³-hybridized carbons (Fsp3) is 0.111. The minimum Gasteiger partial charge on any atom is -0.154 e. The van der Waals surface area contributed by atoms with Crippen LogP contribution in [0.4, 0.5) is 0 Å². The standard InChI is InChI=1S/C9H5Br2ClN2/c1-4-9(11)5-2-7(12)6(10)3-8(5)14-13-4/h2-3H,1H3. The summed E-state index contributed by atoms with van der Waals surface area (Å²) in [5.41, 5.74) is 1.68. The highest BCUT2D eigenvalue weighted by molar-refractivity contribution is 9.11. The lowest BCUT2D eigenvalue weighted by Crippen LogP contribution is -1.90. The van der Waals surface area contributed by atoms with Gasteiger partial charge in [-0.25, -0.2) is 0 Å². The van der Waals surface area contributed by atoms with Crippen LogP contribution < -0.4 is 0 Å². The number of rotatable bonds is 0. The molecule has 72 valence electrons. The van der Waals surface area contributed by atoms with E-state index < -0.39 is 0 Å². The van der Waals surface area contributed by atoms with Gasteiger partial charge in [-0.3, -0.25) is 0 Å². The molecule has 0 atom stereocenters. The van der Waals surface area contributed by atoms with Gasteiger partial charge in [0.1, 0.15) is 0 Å². The number of hydrogen-bond donors (Lipinski definition) is 0. The Morgan fingerprint density at radius 1 is 1.21 bits per heavy atom. The van der Waals surface area contributed by atoms with E-state index >= 15 is 0 Å². The minimum atomic E-state index is 0.672. The Labute approximate surface area is 103 Å². The van der Waals surface area contributed by atoms with Gasteiger partial charge in [0.2, 0.25) is 0 Å². The van der Waals surface area contributed by atoms with E-state index in [1.165, 1.54) is 0 Å². The maximum absolute atomic E-state index is 6.00. The fourth-order valence-corrected chi connectivity index (χ4v) is 2.05. The molecule has 2 nitrogen and oxygen atoms in total. The van der Waals surface area contributed by atoms with Gasteiger partial charge in [-0.1, -0.05) is 11.6 Å². The Kier molecular flexibility index (Phi) is 2.77. The average molecular weight is 336 g/mol. The number of halogens is 3. The third-order valence-electron chi connectivity index (χ3n) is 1.90. The van der Waals surface area contributed by atoms with Crippen molar-refractivity contribution in [2.24, 2.45) is 0 Å². The molecule has 0 aliphatic heterocycles. The largest absolute Gasteiger partial charge is 0.154 e. The zero-order valence-corrected chi connectivity index (χ0v) is 11.1. The number of nitrogens with zero attached hydrogens (tertiary/aromatic N) is 2. The summed E-state index contributed by atoms with van der Waals surface area (Å²) in [4.78, 5) is 0. The summed E-state index contributed by atoms with van der Waals surface area (Å²) in [6.45, 7) is 1.90. The van der Waals surface area contributed by atoms with Crippen LogP contribution in [0.3, 0.4) is 0 Å². The van der Waals surface area contributed by atoms with Crippen LogP contribution in [0.15, 0.2) is 21.1 Å². The molecule has 0 spiro atoms. The Morgan fingerprint density at radius 3 is 2.64 bits per heavy atom. The van der Waals surface area contributed by atoms with Crippen molar-refractivity contribution in [3.05, 3.63) is 31.8 Å². The van der Waals surface area contributed by atoms with Gasteiger partial charge in [0.15, 0.2) is 0 Å². The highest BCUT2D eigenvalue weighted by atomic mass is 79.9. The van der Waals surface area contributed by atoms with Gasteiger partial charge in [-0.05, 0) is 50.9 Å². The first-order chi connectivity index (χ1) is 6.59. The van der Waals surface area contributed by atoms with Crippen molar-refractivity contribution in [2.75, 3.05) is 0 Å². The van der Waals surface area contributed by atoms with Gasteiger partial charge in [0.05, 0.1) is 20.7 Å². The van der Waals surface area contributed by atoms with E-state index in [1.54, 1.807) is 0 Å². The lowest BCUT2D eigenvalue weighted by molar-refractivity contribution is 1.01. The number of aryl methyl sites for hydroxylation is 1. The summed E-state index contributed by atoms with van der Waals surface area (Å²) in [6, 6.07) is 3.72. The normalized spacial score (nSPS) is 10.9. The average Bonchev–Trinajstić information content (AvgIpc) is 2.15. The van der Waals surface area contributed by atoms with E-state index in [4.69, 9.17) is 11.6 Å². The predicted molar refractivity (Wildman–Crippen MR) is 64.7 cm³/mol. The summed E-state index contributed by atoms with van der Waals surface area (Å²) in [6.07, 6.45) is 0. The van der Waals surface area contributed by atoms with Gasteiger partial charge in [0.25, 0.3) is 0 Å². The lowest BCUT2D eigenvalue weighted by atomic mass is 10.2. The first-order valence-electron chi connectivity index (χ1n) is 3.87. The second kappa shape index (κ2) is 3.76. The molecule has 0 aliphatic rings. The highest BCUT2D eigenvalue weighted by Gasteiger charge is 2.07. The Morgan fingerprint density at radius 2 is 1.93 bits per heavy atom. The van der Waals surface area contributed by atoms with Crippen molar-refractivity contribution in [3.8, 4) is 0 Å². The Hall–Kier alpha value is -0.190. The molecular weight excluding hydrogens is 331 g/mol. The number of hydrogen-bond acceptors (Lipinski definition) is 2. The lowest BCUT2D eigenvalue weighted by Gasteiger charge is -2.03. The summed E-state index contributed by atoms with van der Waals surface area (Å²) in [5, 5.41) is 9.74. The summed E-state index contributed by atoms with van der Waals surface area (Å²) in [5.74, 6) is 0. The maximum Gasteiger partial charge on any atom is 0.0953 e. The molecule has 0 saturated carbocycles. The molecular formula is C9H5Br2ClN2. The quantitative estimate of drug-likeness (QED) is 0.723. The van der Waals surface area contributed by atoms with E-state index in [9.17, 15) is 0 Å². The maximum atomic E-state index is 6.00. The molecule has 1 aromatic heterocycles. The summed E-state index contributed by atoms with van der Waals surface area (Å²) >= 11 is 12.8. The molecule has 14 heavy (non-hydrogen) atoms. The molecule has 0 aliphatic carbocycles. The number of benzene rings is 1. The van der Waals surface area contributed by atoms with Gasteiger partial charge in [-0.2, -0.15) is 10.2 Å². The van der Waals surface area contributed by atoms with Crippen LogP contribution >= 0.6 is 43.5 Å². The second-order valence-corrected chi connectivity index (χ2v) is 4.94. The Balaban J connectivity index is 2.89. The summed E-state index contributed by atoms with van der Waals surface area (Å²) < 4.78 is 1.77. The molecule has 5 heteroatoms. The molecule has 0 bridgehead atoms. The van der Waals surface area contributed by atoms with Gasteiger partial charge in [-0.15, -0.1) is 0 Å². The molecule has 0 fully saturated rings. The molecule has 0 amide bonds. The highest BCUT2D eigenvalue weighted by Crippen LogP contribution is 2.31. The first kappa shape index (κ1) is 10.3. The first-order valence-corrected chi connectivity index (χ1v) is 5.83. The van der Waals surface area contributed by atoms with Crippen LogP contribution in [0.2, 0.25) is 5.02 Å². The molecule has 0 radical (unpaired) electrons. The van der Waals surface area contributed by atoms with Crippen molar-refractivity contribution in [2.45, 2.75) is 6.92 Å². The smallest absolute Gasteiger partial charge is 0.0953 e. The minimum absolute atomic E-state index is 0.672. The molecule has 2 rings (SSSR count). The van der Waals surface area contributed by atoms with E-state index in [0.717, 1.165) is 25.5 Å². The van der Waals surface area contributed by atoms with Crippen LogP contribution in [0.5, 0.6) is 0 Å². The van der Waals surface area contributed by atoms with Crippen molar-refractivity contribution < 1.29 is 0 Å². The molecule has 0 unspecified atom stereocenters. The zero-order valence-electron chi connectivity index (χ0n) is 7.18. The molecule has 0 saturated heterocycles.